The van der Waals surface area contributed by atoms with Gasteiger partial charge in [-0.1, -0.05) is 0 Å². The van der Waals surface area contributed by atoms with Crippen molar-refractivity contribution in [2.75, 3.05) is 21.3 Å². The summed E-state index contributed by atoms with van der Waals surface area (Å²) in [6, 6.07) is 0. The van der Waals surface area contributed by atoms with Gasteiger partial charge in [0.25, 0.3) is 0 Å². The smallest absolute Gasteiger partial charge is 0.140 e. The summed E-state index contributed by atoms with van der Waals surface area (Å²) in [7, 11) is 4.80. The van der Waals surface area contributed by atoms with Crippen LogP contribution in [0.4, 0.5) is 0 Å². The van der Waals surface area contributed by atoms with E-state index in [0.717, 1.165) is 0 Å². The number of allylic oxidation sites excluding steroid dienone is 1. The number of carbonyl (C=O) groups is 1. The molecule has 4 heteroatoms. The van der Waals surface area contributed by atoms with E-state index in [4.69, 9.17) is 14.2 Å². The Morgan fingerprint density at radius 1 is 1.33 bits per heavy atom. The third-order valence-corrected chi connectivity index (χ3v) is 2.78. The van der Waals surface area contributed by atoms with Crippen molar-refractivity contribution in [1.82, 2.24) is 0 Å². The fourth-order valence-electron chi connectivity index (χ4n) is 1.87. The van der Waals surface area contributed by atoms with Gasteiger partial charge in [0.1, 0.15) is 17.6 Å². The van der Waals surface area contributed by atoms with Gasteiger partial charge < -0.3 is 14.2 Å². The van der Waals surface area contributed by atoms with Crippen LogP contribution in [-0.4, -0.2) is 39.3 Å². The maximum atomic E-state index is 11.3. The Kier molecular flexibility index (Phi) is 4.29. The second-order valence-corrected chi connectivity index (χ2v) is 3.66. The van der Waals surface area contributed by atoms with E-state index in [2.05, 4.69) is 0 Å². The molecule has 1 rings (SSSR count). The normalized spacial score (nSPS) is 30.9. The predicted octanol–water partition coefficient (Wildman–Crippen LogP) is 1.16. The number of ketones is 1. The fourth-order valence-corrected chi connectivity index (χ4v) is 1.87. The molecule has 15 heavy (non-hydrogen) atoms. The second kappa shape index (κ2) is 5.28. The lowest BCUT2D eigenvalue weighted by molar-refractivity contribution is -0.122. The topological polar surface area (TPSA) is 44.8 Å². The second-order valence-electron chi connectivity index (χ2n) is 3.66. The first-order valence-corrected chi connectivity index (χ1v) is 4.95. The first-order chi connectivity index (χ1) is 7.13. The molecule has 1 aliphatic rings. The van der Waals surface area contributed by atoms with Crippen LogP contribution in [0.1, 0.15) is 13.3 Å². The van der Waals surface area contributed by atoms with Crippen LogP contribution in [0.5, 0.6) is 0 Å². The molecule has 0 fully saturated rings. The van der Waals surface area contributed by atoms with E-state index in [1.54, 1.807) is 28.3 Å². The lowest BCUT2D eigenvalue weighted by Crippen LogP contribution is -2.39. The average Bonchev–Trinajstić information content (AvgIpc) is 2.26. The third-order valence-electron chi connectivity index (χ3n) is 2.78. The molecule has 0 bridgehead atoms. The first kappa shape index (κ1) is 12.2. The highest BCUT2D eigenvalue weighted by atomic mass is 16.6. The molecule has 0 heterocycles. The highest BCUT2D eigenvalue weighted by Crippen LogP contribution is 2.28. The summed E-state index contributed by atoms with van der Waals surface area (Å²) in [5.41, 5.74) is 0. The fraction of sp³-hybridized carbons (Fsp3) is 0.727. The zero-order chi connectivity index (χ0) is 11.4. The Balaban J connectivity index is 2.91. The third kappa shape index (κ3) is 2.58. The standard InChI is InChI=1S/C11H18O4/c1-7(12)8-5-9(13-2)11(15-4)10(6-8)14-3/h5,8,10-11H,6H2,1-4H3. The van der Waals surface area contributed by atoms with Crippen LogP contribution in [0.2, 0.25) is 0 Å². The van der Waals surface area contributed by atoms with Crippen LogP contribution < -0.4 is 0 Å². The van der Waals surface area contributed by atoms with E-state index in [-0.39, 0.29) is 23.9 Å². The SMILES string of the molecule is COC1=CC(C(C)=O)CC(OC)C1OC. The number of hydrogen-bond donors (Lipinski definition) is 0. The van der Waals surface area contributed by atoms with E-state index in [1.165, 1.54) is 0 Å². The van der Waals surface area contributed by atoms with Gasteiger partial charge >= 0.3 is 0 Å². The molecule has 4 nitrogen and oxygen atoms in total. The number of carbonyl (C=O) groups excluding carboxylic acids is 1. The zero-order valence-electron chi connectivity index (χ0n) is 9.65. The molecule has 86 valence electrons. The van der Waals surface area contributed by atoms with Crippen LogP contribution in [0.15, 0.2) is 11.8 Å². The van der Waals surface area contributed by atoms with Crippen molar-refractivity contribution >= 4 is 5.78 Å². The maximum absolute atomic E-state index is 11.3. The number of ether oxygens (including phenoxy) is 3. The Morgan fingerprint density at radius 3 is 2.40 bits per heavy atom. The molecular formula is C11H18O4. The summed E-state index contributed by atoms with van der Waals surface area (Å²) in [4.78, 5) is 11.3. The van der Waals surface area contributed by atoms with Gasteiger partial charge in [0.15, 0.2) is 0 Å². The van der Waals surface area contributed by atoms with Crippen molar-refractivity contribution in [3.05, 3.63) is 11.8 Å². The predicted molar refractivity (Wildman–Crippen MR) is 55.5 cm³/mol. The maximum Gasteiger partial charge on any atom is 0.140 e. The number of hydrogen-bond acceptors (Lipinski definition) is 4. The molecule has 1 aliphatic carbocycles. The van der Waals surface area contributed by atoms with Crippen molar-refractivity contribution in [2.45, 2.75) is 25.6 Å². The van der Waals surface area contributed by atoms with E-state index >= 15 is 0 Å². The molecule has 3 unspecified atom stereocenters. The molecule has 0 aromatic carbocycles. The summed E-state index contributed by atoms with van der Waals surface area (Å²) in [5.74, 6) is 0.674. The van der Waals surface area contributed by atoms with Gasteiger partial charge in [0.2, 0.25) is 0 Å². The van der Waals surface area contributed by atoms with Crippen molar-refractivity contribution in [1.29, 1.82) is 0 Å². The summed E-state index contributed by atoms with van der Waals surface area (Å²) in [5, 5.41) is 0. The van der Waals surface area contributed by atoms with Crippen molar-refractivity contribution < 1.29 is 19.0 Å². The molecule has 0 saturated carbocycles. The van der Waals surface area contributed by atoms with Gasteiger partial charge in [-0.2, -0.15) is 0 Å². The molecular weight excluding hydrogens is 196 g/mol. The van der Waals surface area contributed by atoms with Gasteiger partial charge in [-0.25, -0.2) is 0 Å². The van der Waals surface area contributed by atoms with Crippen LogP contribution in [0.3, 0.4) is 0 Å². The lowest BCUT2D eigenvalue weighted by atomic mass is 9.88. The van der Waals surface area contributed by atoms with E-state index in [9.17, 15) is 4.79 Å². The molecule has 0 aliphatic heterocycles. The number of Topliss-reactive ketones (excluding diaryl/α,β-unsaturated/α-hetero) is 1. The summed E-state index contributed by atoms with van der Waals surface area (Å²) < 4.78 is 15.8. The Labute approximate surface area is 90.2 Å². The summed E-state index contributed by atoms with van der Waals surface area (Å²) >= 11 is 0. The van der Waals surface area contributed by atoms with Gasteiger partial charge in [0, 0.05) is 20.1 Å². The molecule has 0 amide bonds. The van der Waals surface area contributed by atoms with Gasteiger partial charge in [-0.3, -0.25) is 4.79 Å². The Hall–Kier alpha value is -0.870. The number of rotatable bonds is 4. The quantitative estimate of drug-likeness (QED) is 0.704. The summed E-state index contributed by atoms with van der Waals surface area (Å²) in [6.45, 7) is 1.58. The van der Waals surface area contributed by atoms with Crippen molar-refractivity contribution in [3.8, 4) is 0 Å². The van der Waals surface area contributed by atoms with E-state index in [0.29, 0.717) is 12.2 Å². The summed E-state index contributed by atoms with van der Waals surface area (Å²) in [6.07, 6.45) is 2.14. The first-order valence-electron chi connectivity index (χ1n) is 4.95. The molecule has 0 aromatic heterocycles. The highest BCUT2D eigenvalue weighted by Gasteiger charge is 2.34. The minimum Gasteiger partial charge on any atom is -0.499 e. The van der Waals surface area contributed by atoms with Crippen LogP contribution in [0, 0.1) is 5.92 Å². The zero-order valence-corrected chi connectivity index (χ0v) is 9.65. The molecule has 3 atom stereocenters. The number of methoxy groups -OCH3 is 3. The van der Waals surface area contributed by atoms with Gasteiger partial charge in [-0.15, -0.1) is 0 Å². The lowest BCUT2D eigenvalue weighted by Gasteiger charge is -2.32. The average molecular weight is 214 g/mol. The molecule has 0 N–H and O–H groups in total. The minimum atomic E-state index is -0.212. The Morgan fingerprint density at radius 2 is 2.00 bits per heavy atom. The van der Waals surface area contributed by atoms with E-state index in [1.807, 2.05) is 6.08 Å². The minimum absolute atomic E-state index is 0.121. The Bertz CT molecular complexity index is 259. The molecule has 0 spiro atoms. The van der Waals surface area contributed by atoms with Gasteiger partial charge in [-0.05, 0) is 19.4 Å². The van der Waals surface area contributed by atoms with Crippen LogP contribution in [-0.2, 0) is 19.0 Å². The molecule has 0 saturated heterocycles. The molecule has 0 aromatic rings. The van der Waals surface area contributed by atoms with E-state index < -0.39 is 0 Å². The molecule has 0 radical (unpaired) electrons. The van der Waals surface area contributed by atoms with Crippen LogP contribution in [0.25, 0.3) is 0 Å². The highest BCUT2D eigenvalue weighted by molar-refractivity contribution is 5.80. The van der Waals surface area contributed by atoms with Gasteiger partial charge in [0.05, 0.1) is 13.2 Å². The largest absolute Gasteiger partial charge is 0.499 e. The van der Waals surface area contributed by atoms with Crippen LogP contribution >= 0.6 is 0 Å². The van der Waals surface area contributed by atoms with Crippen molar-refractivity contribution in [3.63, 3.8) is 0 Å². The van der Waals surface area contributed by atoms with Crippen molar-refractivity contribution in [2.24, 2.45) is 5.92 Å². The monoisotopic (exact) mass is 214 g/mol.